The van der Waals surface area contributed by atoms with Crippen molar-refractivity contribution in [3.05, 3.63) is 59.9 Å². The lowest BCUT2D eigenvalue weighted by Crippen LogP contribution is -2.35. The molecule has 184 valence electrons. The summed E-state index contributed by atoms with van der Waals surface area (Å²) < 4.78 is 11.1. The predicted octanol–water partition coefficient (Wildman–Crippen LogP) is 2.91. The summed E-state index contributed by atoms with van der Waals surface area (Å²) in [4.78, 5) is 30.3. The van der Waals surface area contributed by atoms with Crippen molar-refractivity contribution in [3.8, 4) is 22.6 Å². The smallest absolute Gasteiger partial charge is 0.255 e. The number of nitrogens with one attached hydrogen (secondary N) is 2. The number of likely N-dealkylation sites (N-methyl/N-ethyl adjacent to an activating group) is 2. The Balaban J connectivity index is 1.57. The summed E-state index contributed by atoms with van der Waals surface area (Å²) in [7, 11) is 7.30. The van der Waals surface area contributed by atoms with Crippen molar-refractivity contribution in [2.45, 2.75) is 6.42 Å². The maximum Gasteiger partial charge on any atom is 0.255 e. The maximum atomic E-state index is 13.4. The van der Waals surface area contributed by atoms with E-state index in [1.54, 1.807) is 43.6 Å². The lowest BCUT2D eigenvalue weighted by molar-refractivity contribution is -0.121. The summed E-state index contributed by atoms with van der Waals surface area (Å²) >= 11 is 0. The zero-order chi connectivity index (χ0) is 24.9. The van der Waals surface area contributed by atoms with Crippen LogP contribution in [0.5, 0.6) is 11.5 Å². The number of nitrogens with zero attached hydrogens (tertiary/aromatic N) is 3. The van der Waals surface area contributed by atoms with Gasteiger partial charge in [0.1, 0.15) is 18.1 Å². The van der Waals surface area contributed by atoms with Crippen LogP contribution in [0.4, 0.5) is 5.69 Å². The van der Waals surface area contributed by atoms with E-state index in [9.17, 15) is 9.59 Å². The number of aromatic nitrogens is 2. The Labute approximate surface area is 205 Å². The molecule has 9 nitrogen and oxygen atoms in total. The van der Waals surface area contributed by atoms with Crippen LogP contribution in [0.3, 0.4) is 0 Å². The maximum absolute atomic E-state index is 13.4. The van der Waals surface area contributed by atoms with Crippen molar-refractivity contribution in [1.29, 1.82) is 0 Å². The number of hydrogen-bond acceptors (Lipinski definition) is 6. The summed E-state index contributed by atoms with van der Waals surface area (Å²) in [5.74, 6) is 0.731. The van der Waals surface area contributed by atoms with Crippen LogP contribution >= 0.6 is 0 Å². The molecule has 1 aromatic heterocycles. The first-order valence-corrected chi connectivity index (χ1v) is 11.5. The number of anilines is 1. The number of fused-ring (bicyclic) bond motifs is 1. The molecule has 0 saturated carbocycles. The SMILES string of the molecule is COc1ccc2c(c1)CC(C(=O)Nc1ccc(-c3cn[nH]c3)cc1C(=O)N(C)CCN(C)C)CO2. The van der Waals surface area contributed by atoms with Crippen LogP contribution in [0.25, 0.3) is 11.1 Å². The largest absolute Gasteiger partial charge is 0.497 e. The third kappa shape index (κ3) is 5.63. The monoisotopic (exact) mass is 477 g/mol. The number of rotatable bonds is 8. The van der Waals surface area contributed by atoms with Gasteiger partial charge in [-0.2, -0.15) is 5.10 Å². The molecule has 0 spiro atoms. The fraction of sp³-hybridized carbons (Fsp3) is 0.346. The summed E-state index contributed by atoms with van der Waals surface area (Å²) in [6.45, 7) is 1.56. The molecule has 1 aliphatic rings. The van der Waals surface area contributed by atoms with Crippen LogP contribution in [0.1, 0.15) is 15.9 Å². The number of aromatic amines is 1. The van der Waals surface area contributed by atoms with E-state index in [1.165, 1.54) is 0 Å². The quantitative estimate of drug-likeness (QED) is 0.518. The van der Waals surface area contributed by atoms with Gasteiger partial charge in [0, 0.05) is 31.9 Å². The van der Waals surface area contributed by atoms with Gasteiger partial charge in [-0.15, -0.1) is 0 Å². The zero-order valence-corrected chi connectivity index (χ0v) is 20.5. The third-order valence-corrected chi connectivity index (χ3v) is 6.11. The molecule has 2 amide bonds. The van der Waals surface area contributed by atoms with Crippen molar-refractivity contribution in [1.82, 2.24) is 20.0 Å². The van der Waals surface area contributed by atoms with E-state index in [4.69, 9.17) is 9.47 Å². The average molecular weight is 478 g/mol. The first kappa shape index (κ1) is 24.3. The lowest BCUT2D eigenvalue weighted by atomic mass is 9.95. The zero-order valence-electron chi connectivity index (χ0n) is 20.5. The van der Waals surface area contributed by atoms with E-state index in [0.29, 0.717) is 24.2 Å². The second kappa shape index (κ2) is 10.6. The molecule has 2 heterocycles. The fourth-order valence-corrected chi connectivity index (χ4v) is 3.98. The highest BCUT2D eigenvalue weighted by molar-refractivity contribution is 6.05. The molecule has 2 N–H and O–H groups in total. The molecule has 0 aliphatic carbocycles. The Bertz CT molecular complexity index is 1190. The number of methoxy groups -OCH3 is 1. The Morgan fingerprint density at radius 2 is 1.97 bits per heavy atom. The first-order valence-electron chi connectivity index (χ1n) is 11.5. The molecule has 0 fully saturated rings. The molecule has 1 atom stereocenters. The second-order valence-corrected chi connectivity index (χ2v) is 8.95. The Morgan fingerprint density at radius 3 is 2.69 bits per heavy atom. The highest BCUT2D eigenvalue weighted by Gasteiger charge is 2.28. The highest BCUT2D eigenvalue weighted by Crippen LogP contribution is 2.32. The van der Waals surface area contributed by atoms with Crippen LogP contribution in [0.2, 0.25) is 0 Å². The van der Waals surface area contributed by atoms with E-state index in [1.807, 2.05) is 43.3 Å². The normalized spacial score (nSPS) is 14.7. The number of amides is 2. The van der Waals surface area contributed by atoms with Gasteiger partial charge in [0.15, 0.2) is 0 Å². The van der Waals surface area contributed by atoms with E-state index < -0.39 is 5.92 Å². The predicted molar refractivity (Wildman–Crippen MR) is 134 cm³/mol. The van der Waals surface area contributed by atoms with Crippen molar-refractivity contribution in [3.63, 3.8) is 0 Å². The van der Waals surface area contributed by atoms with Gasteiger partial charge in [-0.1, -0.05) is 6.07 Å². The Kier molecular flexibility index (Phi) is 7.36. The topological polar surface area (TPSA) is 99.8 Å². The van der Waals surface area contributed by atoms with Crippen molar-refractivity contribution in [2.24, 2.45) is 5.92 Å². The van der Waals surface area contributed by atoms with Crippen molar-refractivity contribution >= 4 is 17.5 Å². The molecular weight excluding hydrogens is 446 g/mol. The summed E-state index contributed by atoms with van der Waals surface area (Å²) in [5.41, 5.74) is 3.52. The van der Waals surface area contributed by atoms with Gasteiger partial charge >= 0.3 is 0 Å². The molecule has 0 bridgehead atoms. The minimum absolute atomic E-state index is 0.164. The number of ether oxygens (including phenoxy) is 2. The summed E-state index contributed by atoms with van der Waals surface area (Å²) in [6, 6.07) is 11.0. The van der Waals surface area contributed by atoms with Gasteiger partial charge in [0.2, 0.25) is 5.91 Å². The number of hydrogen-bond donors (Lipinski definition) is 2. The first-order chi connectivity index (χ1) is 16.9. The Morgan fingerprint density at radius 1 is 1.14 bits per heavy atom. The number of carbonyl (C=O) groups is 2. The van der Waals surface area contributed by atoms with Crippen LogP contribution < -0.4 is 14.8 Å². The average Bonchev–Trinajstić information content (AvgIpc) is 3.41. The molecular formula is C26H31N5O4. The second-order valence-electron chi connectivity index (χ2n) is 8.95. The molecule has 0 saturated heterocycles. The van der Waals surface area contributed by atoms with Crippen LogP contribution in [-0.4, -0.2) is 79.8 Å². The molecule has 1 aliphatic heterocycles. The number of H-pyrrole nitrogens is 1. The molecule has 3 aromatic rings. The third-order valence-electron chi connectivity index (χ3n) is 6.11. The van der Waals surface area contributed by atoms with Gasteiger partial charge in [-0.25, -0.2) is 0 Å². The molecule has 2 aromatic carbocycles. The van der Waals surface area contributed by atoms with Gasteiger partial charge in [0.05, 0.1) is 30.5 Å². The van der Waals surface area contributed by atoms with Crippen LogP contribution in [-0.2, 0) is 11.2 Å². The van der Waals surface area contributed by atoms with Gasteiger partial charge in [-0.3, -0.25) is 14.7 Å². The van der Waals surface area contributed by atoms with Crippen molar-refractivity contribution < 1.29 is 19.1 Å². The highest BCUT2D eigenvalue weighted by atomic mass is 16.5. The number of benzene rings is 2. The summed E-state index contributed by atoms with van der Waals surface area (Å²) in [5, 5.41) is 9.78. The molecule has 1 unspecified atom stereocenters. The van der Waals surface area contributed by atoms with E-state index in [2.05, 4.69) is 15.5 Å². The fourth-order valence-electron chi connectivity index (χ4n) is 3.98. The van der Waals surface area contributed by atoms with E-state index >= 15 is 0 Å². The molecule has 4 rings (SSSR count). The van der Waals surface area contributed by atoms with Gasteiger partial charge < -0.3 is 24.6 Å². The summed E-state index contributed by atoms with van der Waals surface area (Å²) in [6.07, 6.45) is 3.99. The van der Waals surface area contributed by atoms with Crippen LogP contribution in [0, 0.1) is 5.92 Å². The Hall–Kier alpha value is -3.85. The van der Waals surface area contributed by atoms with E-state index in [-0.39, 0.29) is 18.4 Å². The van der Waals surface area contributed by atoms with Crippen LogP contribution in [0.15, 0.2) is 48.8 Å². The minimum atomic E-state index is -0.391. The minimum Gasteiger partial charge on any atom is -0.497 e. The van der Waals surface area contributed by atoms with Gasteiger partial charge in [-0.05, 0) is 62.0 Å². The number of carbonyl (C=O) groups excluding carboxylic acids is 2. The lowest BCUT2D eigenvalue weighted by Gasteiger charge is -2.26. The van der Waals surface area contributed by atoms with Crippen molar-refractivity contribution in [2.75, 3.05) is 53.3 Å². The molecule has 35 heavy (non-hydrogen) atoms. The molecule has 9 heteroatoms. The van der Waals surface area contributed by atoms with E-state index in [0.717, 1.165) is 34.7 Å². The van der Waals surface area contributed by atoms with Gasteiger partial charge in [0.25, 0.3) is 5.91 Å². The standard InChI is InChI=1S/C26H31N5O4/c1-30(2)9-10-31(3)26(33)22-13-17(20-14-27-28-15-20)5-7-23(22)29-25(32)19-11-18-12-21(34-4)6-8-24(18)35-16-19/h5-8,12-15,19H,9-11,16H2,1-4H3,(H,27,28)(H,29,32). The molecule has 0 radical (unpaired) electrons.